The summed E-state index contributed by atoms with van der Waals surface area (Å²) in [6.45, 7) is 0. The van der Waals surface area contributed by atoms with E-state index < -0.39 is 0 Å². The molecule has 5 heterocycles. The van der Waals surface area contributed by atoms with Gasteiger partial charge in [0.2, 0.25) is 5.95 Å². The Morgan fingerprint density at radius 1 is 0.444 bits per heavy atom. The van der Waals surface area contributed by atoms with Gasteiger partial charge >= 0.3 is 0 Å². The van der Waals surface area contributed by atoms with Gasteiger partial charge in [0.1, 0.15) is 11.5 Å². The maximum Gasteiger partial charge on any atom is 0.235 e. The summed E-state index contributed by atoms with van der Waals surface area (Å²) < 4.78 is 13.8. The highest BCUT2D eigenvalue weighted by molar-refractivity contribution is 7.25. The first-order valence-corrected chi connectivity index (χ1v) is 19.0. The SMILES string of the molecule is c1ccc2c(c1)Oc1cccc3nc(-n4c5ccccc5c5c6ccccc6c6c7ccccc7n(-c7ccc8sc9ccccc9c8c7)c6c54)nc-2c13. The molecule has 0 amide bonds. The molecular weight excluding hydrogens is 681 g/mol. The molecule has 0 fully saturated rings. The number of hydrogen-bond donors (Lipinski definition) is 0. The van der Waals surface area contributed by atoms with Crippen molar-refractivity contribution < 1.29 is 4.74 Å². The fraction of sp³-hybridized carbons (Fsp3) is 0. The zero-order valence-corrected chi connectivity index (χ0v) is 29.4. The van der Waals surface area contributed by atoms with Crippen LogP contribution in [-0.2, 0) is 0 Å². The first-order chi connectivity index (χ1) is 26.8. The number of benzene rings is 8. The Balaban J connectivity index is 1.27. The lowest BCUT2D eigenvalue weighted by Crippen LogP contribution is -2.07. The van der Waals surface area contributed by atoms with E-state index in [-0.39, 0.29) is 0 Å². The van der Waals surface area contributed by atoms with Gasteiger partial charge in [-0.3, -0.25) is 4.57 Å². The molecule has 4 aromatic heterocycles. The van der Waals surface area contributed by atoms with Crippen LogP contribution in [0.25, 0.3) is 108 Å². The Morgan fingerprint density at radius 3 is 1.85 bits per heavy atom. The van der Waals surface area contributed by atoms with Gasteiger partial charge in [0.05, 0.1) is 38.7 Å². The van der Waals surface area contributed by atoms with Gasteiger partial charge in [-0.15, -0.1) is 11.3 Å². The molecule has 1 aliphatic heterocycles. The van der Waals surface area contributed by atoms with Crippen LogP contribution in [0.1, 0.15) is 0 Å². The Labute approximate surface area is 311 Å². The average Bonchev–Trinajstić information content (AvgIpc) is 3.89. The van der Waals surface area contributed by atoms with Gasteiger partial charge in [-0.1, -0.05) is 97.1 Å². The molecule has 6 heteroatoms. The molecule has 0 aliphatic carbocycles. The number of para-hydroxylation sites is 3. The number of rotatable bonds is 2. The minimum Gasteiger partial charge on any atom is -0.456 e. The van der Waals surface area contributed by atoms with Gasteiger partial charge in [0, 0.05) is 53.0 Å². The summed E-state index contributed by atoms with van der Waals surface area (Å²) >= 11 is 1.85. The maximum atomic E-state index is 6.39. The predicted octanol–water partition coefficient (Wildman–Crippen LogP) is 13.1. The molecule has 8 aromatic carbocycles. The number of ether oxygens (including phenoxy) is 1. The van der Waals surface area contributed by atoms with E-state index in [1.165, 1.54) is 47.1 Å². The summed E-state index contributed by atoms with van der Waals surface area (Å²) in [5.41, 5.74) is 8.25. The van der Waals surface area contributed by atoms with Crippen LogP contribution in [0.2, 0.25) is 0 Å². The van der Waals surface area contributed by atoms with Crippen molar-refractivity contribution in [2.24, 2.45) is 0 Å². The van der Waals surface area contributed by atoms with Crippen molar-refractivity contribution in [3.63, 3.8) is 0 Å². The zero-order chi connectivity index (χ0) is 35.1. The lowest BCUT2D eigenvalue weighted by atomic mass is 9.98. The zero-order valence-electron chi connectivity index (χ0n) is 28.6. The van der Waals surface area contributed by atoms with Crippen molar-refractivity contribution >= 4 is 96.8 Å². The first kappa shape index (κ1) is 28.6. The lowest BCUT2D eigenvalue weighted by Gasteiger charge is -2.21. The van der Waals surface area contributed by atoms with Crippen molar-refractivity contribution in [2.45, 2.75) is 0 Å². The molecule has 0 radical (unpaired) electrons. The number of thiophene rings is 1. The van der Waals surface area contributed by atoms with Gasteiger partial charge in [-0.2, -0.15) is 0 Å². The van der Waals surface area contributed by atoms with Crippen molar-refractivity contribution in [1.82, 2.24) is 19.1 Å². The summed E-state index contributed by atoms with van der Waals surface area (Å²) in [5, 5.41) is 10.7. The van der Waals surface area contributed by atoms with E-state index in [1.54, 1.807) is 0 Å². The molecule has 12 aromatic rings. The first-order valence-electron chi connectivity index (χ1n) is 18.2. The molecule has 54 heavy (non-hydrogen) atoms. The summed E-state index contributed by atoms with van der Waals surface area (Å²) in [6, 6.07) is 56.4. The van der Waals surface area contributed by atoms with Crippen molar-refractivity contribution in [1.29, 1.82) is 0 Å². The Hall–Kier alpha value is -7.02. The Bertz CT molecular complexity index is 3610. The minimum absolute atomic E-state index is 0.630. The van der Waals surface area contributed by atoms with E-state index in [4.69, 9.17) is 14.7 Å². The normalized spacial score (nSPS) is 12.6. The molecule has 13 rings (SSSR count). The standard InChI is InChI=1S/C48H26N4OS/c1-2-14-30-29(13-1)42-31-15-3-7-19-36(31)51(27-24-25-41-34(26-27)28-12-6-10-23-40(28)54-41)46(42)47-43(30)32-16-4-8-20-37(32)52(47)48-49-35-18-11-22-39-44(35)45(50-48)33-17-5-9-21-38(33)53-39/h1-26H. The smallest absolute Gasteiger partial charge is 0.235 e. The number of hydrogen-bond acceptors (Lipinski definition) is 4. The molecular formula is C48H26N4OS. The highest BCUT2D eigenvalue weighted by atomic mass is 32.1. The second-order valence-corrected chi connectivity index (χ2v) is 15.2. The average molecular weight is 707 g/mol. The summed E-state index contributed by atoms with van der Waals surface area (Å²) in [5.74, 6) is 2.21. The third kappa shape index (κ3) is 3.62. The lowest BCUT2D eigenvalue weighted by molar-refractivity contribution is 0.486. The van der Waals surface area contributed by atoms with Crippen molar-refractivity contribution in [3.05, 3.63) is 158 Å². The van der Waals surface area contributed by atoms with Crippen LogP contribution in [0, 0.1) is 0 Å². The third-order valence-electron chi connectivity index (χ3n) is 11.3. The number of fused-ring (bicyclic) bond motifs is 15. The molecule has 0 N–H and O–H groups in total. The maximum absolute atomic E-state index is 6.39. The summed E-state index contributed by atoms with van der Waals surface area (Å²) in [4.78, 5) is 10.9. The Kier molecular flexibility index (Phi) is 5.45. The molecule has 0 saturated carbocycles. The second-order valence-electron chi connectivity index (χ2n) is 14.1. The van der Waals surface area contributed by atoms with Gasteiger partial charge in [-0.05, 0) is 71.4 Å². The summed E-state index contributed by atoms with van der Waals surface area (Å²) in [7, 11) is 0. The van der Waals surface area contributed by atoms with E-state index in [2.05, 4.69) is 137 Å². The molecule has 0 spiro atoms. The van der Waals surface area contributed by atoms with E-state index in [1.807, 2.05) is 41.7 Å². The topological polar surface area (TPSA) is 44.9 Å². The van der Waals surface area contributed by atoms with Crippen LogP contribution >= 0.6 is 11.3 Å². The second kappa shape index (κ2) is 10.3. The molecule has 1 aliphatic rings. The van der Waals surface area contributed by atoms with Crippen molar-refractivity contribution in [3.8, 4) is 34.4 Å². The monoisotopic (exact) mass is 706 g/mol. The predicted molar refractivity (Wildman–Crippen MR) is 224 cm³/mol. The van der Waals surface area contributed by atoms with Crippen LogP contribution < -0.4 is 4.74 Å². The van der Waals surface area contributed by atoms with Gasteiger partial charge in [0.25, 0.3) is 0 Å². The van der Waals surface area contributed by atoms with Gasteiger partial charge in [0.15, 0.2) is 0 Å². The summed E-state index contributed by atoms with van der Waals surface area (Å²) in [6.07, 6.45) is 0. The third-order valence-corrected chi connectivity index (χ3v) is 12.4. The molecule has 0 bridgehead atoms. The number of aromatic nitrogens is 4. The van der Waals surface area contributed by atoms with Crippen LogP contribution in [0.5, 0.6) is 11.5 Å². The minimum atomic E-state index is 0.630. The van der Waals surface area contributed by atoms with Crippen LogP contribution in [-0.4, -0.2) is 19.1 Å². The fourth-order valence-corrected chi connectivity index (χ4v) is 10.2. The van der Waals surface area contributed by atoms with E-state index >= 15 is 0 Å². The van der Waals surface area contributed by atoms with Gasteiger partial charge in [-0.25, -0.2) is 9.97 Å². The molecule has 5 nitrogen and oxygen atoms in total. The fourth-order valence-electron chi connectivity index (χ4n) is 9.11. The van der Waals surface area contributed by atoms with Crippen molar-refractivity contribution in [2.75, 3.05) is 0 Å². The highest BCUT2D eigenvalue weighted by Crippen LogP contribution is 2.49. The highest BCUT2D eigenvalue weighted by Gasteiger charge is 2.28. The van der Waals surface area contributed by atoms with Gasteiger partial charge < -0.3 is 9.30 Å². The molecule has 0 saturated heterocycles. The molecule has 0 atom stereocenters. The van der Waals surface area contributed by atoms with Crippen LogP contribution in [0.15, 0.2) is 158 Å². The van der Waals surface area contributed by atoms with E-state index in [9.17, 15) is 0 Å². The van der Waals surface area contributed by atoms with Crippen LogP contribution in [0.4, 0.5) is 0 Å². The Morgan fingerprint density at radius 2 is 1.06 bits per heavy atom. The largest absolute Gasteiger partial charge is 0.456 e. The molecule has 250 valence electrons. The van der Waals surface area contributed by atoms with E-state index in [0.29, 0.717) is 5.95 Å². The van der Waals surface area contributed by atoms with Crippen LogP contribution in [0.3, 0.4) is 0 Å². The number of nitrogens with zero attached hydrogens (tertiary/aromatic N) is 4. The molecule has 0 unspecified atom stereocenters. The van der Waals surface area contributed by atoms with E-state index in [0.717, 1.165) is 66.8 Å². The quantitative estimate of drug-likeness (QED) is 0.180.